The molecule has 11 heteroatoms. The highest BCUT2D eigenvalue weighted by molar-refractivity contribution is 5.73. The maximum absolute atomic E-state index is 10.5. The minimum atomic E-state index is -0.368. The molecule has 0 fully saturated rings. The van der Waals surface area contributed by atoms with Gasteiger partial charge in [-0.05, 0) is 7.05 Å². The number of ether oxygens (including phenoxy) is 8. The highest BCUT2D eigenvalue weighted by Crippen LogP contribution is 1.86. The minimum Gasteiger partial charge on any atom is -0.379 e. The second-order valence-electron chi connectivity index (χ2n) is 6.22. The normalized spacial score (nSPS) is 11.3. The summed E-state index contributed by atoms with van der Waals surface area (Å²) in [6.07, 6.45) is 0.228. The molecule has 11 nitrogen and oxygen atoms in total. The molecular formula is C20H42N2O9. The maximum Gasteiger partial charge on any atom is 0.219 e. The Hall–Kier alpha value is -0.890. The van der Waals surface area contributed by atoms with Gasteiger partial charge in [-0.25, -0.2) is 0 Å². The van der Waals surface area contributed by atoms with Crippen LogP contribution < -0.4 is 11.1 Å². The summed E-state index contributed by atoms with van der Waals surface area (Å²) in [4.78, 5) is 10.5. The molecule has 0 aromatic rings. The molecule has 31 heavy (non-hydrogen) atoms. The Balaban J connectivity index is 3.00. The molecular weight excluding hydrogens is 412 g/mol. The Morgan fingerprint density at radius 3 is 1.03 bits per heavy atom. The Morgan fingerprint density at radius 1 is 0.516 bits per heavy atom. The monoisotopic (exact) mass is 454 g/mol. The van der Waals surface area contributed by atoms with E-state index >= 15 is 0 Å². The molecule has 0 unspecified atom stereocenters. The van der Waals surface area contributed by atoms with E-state index in [2.05, 4.69) is 5.32 Å². The summed E-state index contributed by atoms with van der Waals surface area (Å²) in [6.45, 7) is 9.08. The van der Waals surface area contributed by atoms with Gasteiger partial charge in [0, 0.05) is 13.0 Å². The van der Waals surface area contributed by atoms with Gasteiger partial charge in [-0.1, -0.05) is 0 Å². The highest BCUT2D eigenvalue weighted by Gasteiger charge is 1.96. The van der Waals surface area contributed by atoms with Crippen LogP contribution in [0.4, 0.5) is 0 Å². The van der Waals surface area contributed by atoms with Gasteiger partial charge in [-0.2, -0.15) is 0 Å². The van der Waals surface area contributed by atoms with Gasteiger partial charge in [0.1, 0.15) is 0 Å². The van der Waals surface area contributed by atoms with E-state index in [4.69, 9.17) is 43.6 Å². The van der Waals surface area contributed by atoms with Crippen LogP contribution in [-0.2, 0) is 42.7 Å². The molecule has 0 aliphatic rings. The molecule has 0 atom stereocenters. The Morgan fingerprint density at radius 2 is 0.774 bits per heavy atom. The standard InChI is InChI=1S/C20H42N2O9/c1-22-3-5-25-7-9-27-11-13-29-15-17-31-19-18-30-16-14-28-12-10-26-8-6-24-4-2-20(21)23/h22H,2-19H2,1H3,(H2,21,23). The lowest BCUT2D eigenvalue weighted by atomic mass is 10.4. The summed E-state index contributed by atoms with van der Waals surface area (Å²) < 4.78 is 42.8. The van der Waals surface area contributed by atoms with Crippen molar-refractivity contribution in [3.63, 3.8) is 0 Å². The van der Waals surface area contributed by atoms with Crippen LogP contribution in [0.15, 0.2) is 0 Å². The van der Waals surface area contributed by atoms with Crippen molar-refractivity contribution in [2.24, 2.45) is 5.73 Å². The smallest absolute Gasteiger partial charge is 0.219 e. The summed E-state index contributed by atoms with van der Waals surface area (Å²) >= 11 is 0. The first-order valence-corrected chi connectivity index (χ1v) is 10.8. The molecule has 0 heterocycles. The molecule has 0 aliphatic carbocycles. The number of carbonyl (C=O) groups excluding carboxylic acids is 1. The van der Waals surface area contributed by atoms with Gasteiger partial charge in [0.05, 0.1) is 106 Å². The first kappa shape index (κ1) is 30.1. The van der Waals surface area contributed by atoms with Crippen molar-refractivity contribution >= 4 is 5.91 Å². The molecule has 0 aromatic heterocycles. The zero-order chi connectivity index (χ0) is 22.7. The SMILES string of the molecule is CNCCOCCOCCOCCOCCOCCOCCOCCOCCC(N)=O. The lowest BCUT2D eigenvalue weighted by Crippen LogP contribution is -2.17. The van der Waals surface area contributed by atoms with Crippen molar-refractivity contribution in [1.29, 1.82) is 0 Å². The van der Waals surface area contributed by atoms with E-state index in [9.17, 15) is 4.79 Å². The van der Waals surface area contributed by atoms with E-state index in [1.165, 1.54) is 0 Å². The quantitative estimate of drug-likeness (QED) is 0.152. The molecule has 0 aromatic carbocycles. The molecule has 0 saturated heterocycles. The Bertz CT molecular complexity index is 366. The average molecular weight is 455 g/mol. The van der Waals surface area contributed by atoms with Crippen molar-refractivity contribution in [2.75, 3.05) is 119 Å². The molecule has 0 radical (unpaired) electrons. The Labute approximate surface area is 186 Å². The van der Waals surface area contributed by atoms with Crippen LogP contribution in [0, 0.1) is 0 Å². The fourth-order valence-electron chi connectivity index (χ4n) is 1.99. The molecule has 0 aliphatic heterocycles. The maximum atomic E-state index is 10.5. The second-order valence-corrected chi connectivity index (χ2v) is 6.22. The third-order valence-electron chi connectivity index (χ3n) is 3.59. The summed E-state index contributed by atoms with van der Waals surface area (Å²) in [5.74, 6) is -0.368. The Kier molecular flexibility index (Phi) is 26.4. The summed E-state index contributed by atoms with van der Waals surface area (Å²) in [5.41, 5.74) is 5.00. The zero-order valence-corrected chi connectivity index (χ0v) is 19.0. The van der Waals surface area contributed by atoms with Gasteiger partial charge in [-0.3, -0.25) is 4.79 Å². The third-order valence-corrected chi connectivity index (χ3v) is 3.59. The van der Waals surface area contributed by atoms with Gasteiger partial charge < -0.3 is 48.9 Å². The van der Waals surface area contributed by atoms with Crippen molar-refractivity contribution in [1.82, 2.24) is 5.32 Å². The van der Waals surface area contributed by atoms with Gasteiger partial charge in [0.2, 0.25) is 5.91 Å². The number of likely N-dealkylation sites (N-methyl/N-ethyl adjacent to an activating group) is 1. The van der Waals surface area contributed by atoms with Gasteiger partial charge in [0.15, 0.2) is 0 Å². The predicted octanol–water partition coefficient (Wildman–Crippen LogP) is -0.786. The van der Waals surface area contributed by atoms with Crippen LogP contribution in [0.25, 0.3) is 0 Å². The largest absolute Gasteiger partial charge is 0.379 e. The van der Waals surface area contributed by atoms with Crippen LogP contribution in [0.1, 0.15) is 6.42 Å². The number of nitrogens with two attached hydrogens (primary N) is 1. The van der Waals surface area contributed by atoms with Gasteiger partial charge in [-0.15, -0.1) is 0 Å². The van der Waals surface area contributed by atoms with Crippen molar-refractivity contribution in [3.8, 4) is 0 Å². The molecule has 1 amide bonds. The summed E-state index contributed by atoms with van der Waals surface area (Å²) in [7, 11) is 1.89. The molecule has 0 spiro atoms. The van der Waals surface area contributed by atoms with E-state index in [0.717, 1.165) is 6.54 Å². The van der Waals surface area contributed by atoms with E-state index in [1.807, 2.05) is 7.05 Å². The predicted molar refractivity (Wildman–Crippen MR) is 114 cm³/mol. The number of hydrogen-bond acceptors (Lipinski definition) is 10. The molecule has 3 N–H and O–H groups in total. The van der Waals surface area contributed by atoms with Crippen molar-refractivity contribution in [2.45, 2.75) is 6.42 Å². The first-order valence-electron chi connectivity index (χ1n) is 10.8. The van der Waals surface area contributed by atoms with Crippen LogP contribution in [-0.4, -0.2) is 125 Å². The van der Waals surface area contributed by atoms with Gasteiger partial charge in [0.25, 0.3) is 0 Å². The lowest BCUT2D eigenvalue weighted by molar-refractivity contribution is -0.119. The fourth-order valence-corrected chi connectivity index (χ4v) is 1.99. The van der Waals surface area contributed by atoms with Crippen molar-refractivity contribution < 1.29 is 42.7 Å². The summed E-state index contributed by atoms with van der Waals surface area (Å²) in [6, 6.07) is 0. The molecule has 0 rings (SSSR count). The zero-order valence-electron chi connectivity index (χ0n) is 19.0. The minimum absolute atomic E-state index is 0.228. The van der Waals surface area contributed by atoms with E-state index < -0.39 is 0 Å². The van der Waals surface area contributed by atoms with Crippen molar-refractivity contribution in [3.05, 3.63) is 0 Å². The van der Waals surface area contributed by atoms with E-state index in [1.54, 1.807) is 0 Å². The number of nitrogens with one attached hydrogen (secondary N) is 1. The number of amides is 1. The highest BCUT2D eigenvalue weighted by atomic mass is 16.6. The van der Waals surface area contributed by atoms with Gasteiger partial charge >= 0.3 is 0 Å². The fraction of sp³-hybridized carbons (Fsp3) is 0.950. The average Bonchev–Trinajstić information content (AvgIpc) is 2.76. The number of rotatable bonds is 27. The number of primary amides is 1. The van der Waals surface area contributed by atoms with Crippen LogP contribution in [0.5, 0.6) is 0 Å². The number of hydrogen-bond donors (Lipinski definition) is 2. The van der Waals surface area contributed by atoms with E-state index in [0.29, 0.717) is 106 Å². The number of carbonyl (C=O) groups is 1. The van der Waals surface area contributed by atoms with E-state index in [-0.39, 0.29) is 12.3 Å². The third kappa shape index (κ3) is 29.1. The molecule has 0 saturated carbocycles. The van der Waals surface area contributed by atoms with Crippen LogP contribution in [0.2, 0.25) is 0 Å². The lowest BCUT2D eigenvalue weighted by Gasteiger charge is -2.08. The topological polar surface area (TPSA) is 129 Å². The van der Waals surface area contributed by atoms with Crippen LogP contribution >= 0.6 is 0 Å². The second kappa shape index (κ2) is 27.1. The molecule has 186 valence electrons. The summed E-state index contributed by atoms with van der Waals surface area (Å²) in [5, 5.41) is 3.01. The van der Waals surface area contributed by atoms with Crippen LogP contribution in [0.3, 0.4) is 0 Å². The first-order chi connectivity index (χ1) is 15.3. The molecule has 0 bridgehead atoms.